The van der Waals surface area contributed by atoms with E-state index in [1.54, 1.807) is 12.1 Å². The number of anilines is 1. The predicted molar refractivity (Wildman–Crippen MR) is 107 cm³/mol. The zero-order chi connectivity index (χ0) is 21.0. The number of carbonyl (C=O) groups excluding carboxylic acids is 4. The van der Waals surface area contributed by atoms with Crippen LogP contribution in [0.5, 0.6) is 0 Å². The number of fused-ring (bicyclic) bond motifs is 1. The van der Waals surface area contributed by atoms with E-state index in [2.05, 4.69) is 10.2 Å². The van der Waals surface area contributed by atoms with Gasteiger partial charge < -0.3 is 10.0 Å². The molecule has 158 valence electrons. The smallest absolute Gasteiger partial charge is 0.262 e. The molecule has 3 heterocycles. The summed E-state index contributed by atoms with van der Waals surface area (Å²) >= 11 is 0. The second kappa shape index (κ2) is 6.91. The van der Waals surface area contributed by atoms with Gasteiger partial charge in [-0.15, -0.1) is 0 Å². The first-order valence-electron chi connectivity index (χ1n) is 10.6. The van der Waals surface area contributed by atoms with Gasteiger partial charge in [0.05, 0.1) is 11.1 Å². The minimum atomic E-state index is -0.938. The number of hydrogen-bond donors (Lipinski definition) is 2. The first-order chi connectivity index (χ1) is 14.4. The molecule has 0 aromatic heterocycles. The van der Waals surface area contributed by atoms with Crippen LogP contribution < -0.4 is 10.2 Å². The topological polar surface area (TPSA) is 107 Å². The van der Waals surface area contributed by atoms with Crippen LogP contribution in [-0.4, -0.2) is 59.4 Å². The van der Waals surface area contributed by atoms with Crippen molar-refractivity contribution in [2.45, 2.75) is 44.6 Å². The number of nitrogens with zero attached hydrogens (tertiary/aromatic N) is 2. The Balaban J connectivity index is 1.32. The van der Waals surface area contributed by atoms with Gasteiger partial charge in [-0.25, -0.2) is 0 Å². The number of hydrogen-bond acceptors (Lipinski definition) is 6. The molecule has 1 atom stereocenters. The van der Waals surface area contributed by atoms with Gasteiger partial charge in [-0.3, -0.25) is 29.4 Å². The predicted octanol–water partition coefficient (Wildman–Crippen LogP) is 1.08. The maximum atomic E-state index is 13.0. The summed E-state index contributed by atoms with van der Waals surface area (Å²) in [5.41, 5.74) is 1.90. The Kier molecular flexibility index (Phi) is 4.43. The zero-order valence-corrected chi connectivity index (χ0v) is 16.7. The van der Waals surface area contributed by atoms with Gasteiger partial charge in [0.15, 0.2) is 0 Å². The molecule has 1 aliphatic carbocycles. The van der Waals surface area contributed by atoms with Crippen LogP contribution in [-0.2, 0) is 9.59 Å². The van der Waals surface area contributed by atoms with Crippen molar-refractivity contribution in [1.82, 2.24) is 10.2 Å². The van der Waals surface area contributed by atoms with Crippen LogP contribution in [0.4, 0.5) is 5.69 Å². The third-order valence-electron chi connectivity index (χ3n) is 7.31. The lowest BCUT2D eigenvalue weighted by Gasteiger charge is -2.52. The molecule has 4 amide bonds. The molecule has 0 radical (unpaired) electrons. The van der Waals surface area contributed by atoms with Gasteiger partial charge in [0.25, 0.3) is 11.8 Å². The van der Waals surface area contributed by atoms with Gasteiger partial charge in [-0.05, 0) is 61.6 Å². The first kappa shape index (κ1) is 19.2. The molecule has 2 N–H and O–H groups in total. The van der Waals surface area contributed by atoms with Gasteiger partial charge in [0, 0.05) is 31.8 Å². The number of imide groups is 2. The molecule has 30 heavy (non-hydrogen) atoms. The maximum Gasteiger partial charge on any atom is 0.262 e. The third-order valence-corrected chi connectivity index (χ3v) is 7.31. The largest absolute Gasteiger partial charge is 0.396 e. The summed E-state index contributed by atoms with van der Waals surface area (Å²) in [5.74, 6) is -1.47. The fourth-order valence-corrected chi connectivity index (χ4v) is 5.60. The average Bonchev–Trinajstić information content (AvgIpc) is 2.96. The molecule has 1 aromatic carbocycles. The van der Waals surface area contributed by atoms with Crippen LogP contribution >= 0.6 is 0 Å². The van der Waals surface area contributed by atoms with Crippen LogP contribution in [0, 0.1) is 11.3 Å². The number of piperidine rings is 2. The van der Waals surface area contributed by atoms with Gasteiger partial charge >= 0.3 is 0 Å². The van der Waals surface area contributed by atoms with Crippen LogP contribution in [0.1, 0.15) is 59.2 Å². The van der Waals surface area contributed by atoms with Crippen LogP contribution in [0.15, 0.2) is 18.2 Å². The fourth-order valence-electron chi connectivity index (χ4n) is 5.60. The zero-order valence-electron chi connectivity index (χ0n) is 16.7. The second-order valence-electron chi connectivity index (χ2n) is 9.12. The second-order valence-corrected chi connectivity index (χ2v) is 9.12. The Morgan fingerprint density at radius 3 is 2.40 bits per heavy atom. The summed E-state index contributed by atoms with van der Waals surface area (Å²) in [5, 5.41) is 11.5. The number of rotatable bonds is 3. The number of nitrogens with one attached hydrogen (secondary N) is 1. The van der Waals surface area contributed by atoms with Crippen LogP contribution in [0.25, 0.3) is 0 Å². The van der Waals surface area contributed by atoms with E-state index < -0.39 is 23.8 Å². The number of amides is 4. The molecule has 8 nitrogen and oxygen atoms in total. The lowest BCUT2D eigenvalue weighted by atomic mass is 9.58. The quantitative estimate of drug-likeness (QED) is 0.721. The first-order valence-corrected chi connectivity index (χ1v) is 10.6. The van der Waals surface area contributed by atoms with Crippen molar-refractivity contribution in [1.29, 1.82) is 0 Å². The number of carbonyl (C=O) groups is 4. The molecule has 1 aromatic rings. The summed E-state index contributed by atoms with van der Waals surface area (Å²) in [6.07, 6.45) is 4.59. The molecule has 1 saturated carbocycles. The van der Waals surface area contributed by atoms with Crippen molar-refractivity contribution in [3.8, 4) is 0 Å². The van der Waals surface area contributed by atoms with E-state index in [9.17, 15) is 24.3 Å². The number of benzene rings is 1. The fraction of sp³-hybridized carbons (Fsp3) is 0.545. The Hall–Kier alpha value is -2.74. The number of aliphatic hydroxyl groups is 1. The highest BCUT2D eigenvalue weighted by Crippen LogP contribution is 2.52. The SMILES string of the molecule is O=C1CCC(N2C(=O)c3ccc(N4CCC5(CC4)CC(CO)C5)cc3C2=O)C(=O)N1. The summed E-state index contributed by atoms with van der Waals surface area (Å²) in [6, 6.07) is 4.36. The average molecular weight is 411 g/mol. The normalized spacial score (nSPS) is 26.1. The highest BCUT2D eigenvalue weighted by atomic mass is 16.3. The van der Waals surface area contributed by atoms with E-state index in [-0.39, 0.29) is 25.4 Å². The van der Waals surface area contributed by atoms with E-state index >= 15 is 0 Å². The summed E-state index contributed by atoms with van der Waals surface area (Å²) in [7, 11) is 0. The molecular formula is C22H25N3O5. The van der Waals surface area contributed by atoms with Crippen molar-refractivity contribution in [3.63, 3.8) is 0 Å². The summed E-state index contributed by atoms with van der Waals surface area (Å²) in [6.45, 7) is 2.04. The molecule has 3 aliphatic heterocycles. The van der Waals surface area contributed by atoms with E-state index in [0.29, 0.717) is 22.5 Å². The molecule has 2 saturated heterocycles. The molecule has 3 fully saturated rings. The Morgan fingerprint density at radius 2 is 1.73 bits per heavy atom. The third kappa shape index (κ3) is 2.93. The van der Waals surface area contributed by atoms with Gasteiger partial charge in [-0.2, -0.15) is 0 Å². The molecular weight excluding hydrogens is 386 g/mol. The van der Waals surface area contributed by atoms with Gasteiger partial charge in [0.2, 0.25) is 11.8 Å². The van der Waals surface area contributed by atoms with E-state index in [0.717, 1.165) is 49.4 Å². The van der Waals surface area contributed by atoms with Crippen LogP contribution in [0.2, 0.25) is 0 Å². The van der Waals surface area contributed by atoms with Crippen molar-refractivity contribution in [3.05, 3.63) is 29.3 Å². The highest BCUT2D eigenvalue weighted by Gasteiger charge is 2.47. The van der Waals surface area contributed by atoms with Gasteiger partial charge in [-0.1, -0.05) is 0 Å². The number of aliphatic hydroxyl groups excluding tert-OH is 1. The van der Waals surface area contributed by atoms with Gasteiger partial charge in [0.1, 0.15) is 6.04 Å². The lowest BCUT2D eigenvalue weighted by molar-refractivity contribution is -0.136. The van der Waals surface area contributed by atoms with Crippen molar-refractivity contribution >= 4 is 29.3 Å². The molecule has 5 rings (SSSR count). The Bertz CT molecular complexity index is 942. The summed E-state index contributed by atoms with van der Waals surface area (Å²) in [4.78, 5) is 52.6. The monoisotopic (exact) mass is 411 g/mol. The summed E-state index contributed by atoms with van der Waals surface area (Å²) < 4.78 is 0. The minimum absolute atomic E-state index is 0.113. The van der Waals surface area contributed by atoms with Crippen molar-refractivity contribution < 1.29 is 24.3 Å². The van der Waals surface area contributed by atoms with Crippen molar-refractivity contribution in [2.75, 3.05) is 24.6 Å². The molecule has 0 bridgehead atoms. The molecule has 4 aliphatic rings. The standard InChI is InChI=1S/C22H25N3O5/c26-12-13-10-22(11-13)5-7-24(8-6-22)14-1-2-15-16(9-14)21(30)25(20(15)29)17-3-4-18(27)23-19(17)28/h1-2,9,13,17,26H,3-8,10-12H2,(H,23,27,28). The van der Waals surface area contributed by atoms with E-state index in [1.165, 1.54) is 0 Å². The maximum absolute atomic E-state index is 13.0. The molecule has 1 unspecified atom stereocenters. The Labute approximate surface area is 174 Å². The van der Waals surface area contributed by atoms with Crippen LogP contribution in [0.3, 0.4) is 0 Å². The molecule has 8 heteroatoms. The van der Waals surface area contributed by atoms with Crippen molar-refractivity contribution in [2.24, 2.45) is 11.3 Å². The minimum Gasteiger partial charge on any atom is -0.396 e. The highest BCUT2D eigenvalue weighted by molar-refractivity contribution is 6.23. The molecule has 1 spiro atoms. The Morgan fingerprint density at radius 1 is 1.03 bits per heavy atom. The lowest BCUT2D eigenvalue weighted by Crippen LogP contribution is -2.54. The van der Waals surface area contributed by atoms with E-state index in [4.69, 9.17) is 0 Å². The van der Waals surface area contributed by atoms with E-state index in [1.807, 2.05) is 6.07 Å².